The van der Waals surface area contributed by atoms with Gasteiger partial charge in [-0.15, -0.1) is 0 Å². The van der Waals surface area contributed by atoms with Crippen LogP contribution in [0.3, 0.4) is 0 Å². The standard InChI is InChI=1S/C26H30BrNO2/c1-3-29-25-16-23(18-28-20(2)14-15-21-10-6-4-7-11-21)24(27)17-26(25)30-19-22-12-8-5-9-13-22/h4-13,16-17,20,28H,3,14-15,18-19H2,1-2H3. The maximum Gasteiger partial charge on any atom is 0.162 e. The van der Waals surface area contributed by atoms with Crippen LogP contribution in [0.5, 0.6) is 11.5 Å². The molecule has 1 N–H and O–H groups in total. The van der Waals surface area contributed by atoms with Crippen molar-refractivity contribution in [2.75, 3.05) is 6.61 Å². The van der Waals surface area contributed by atoms with E-state index in [4.69, 9.17) is 9.47 Å². The predicted molar refractivity (Wildman–Crippen MR) is 127 cm³/mol. The van der Waals surface area contributed by atoms with E-state index in [0.29, 0.717) is 19.3 Å². The molecule has 1 unspecified atom stereocenters. The SMILES string of the molecule is CCOc1cc(CNC(C)CCc2ccccc2)c(Br)cc1OCc1ccccc1. The first kappa shape index (κ1) is 22.4. The fourth-order valence-corrected chi connectivity index (χ4v) is 3.71. The molecular weight excluding hydrogens is 438 g/mol. The predicted octanol–water partition coefficient (Wildman–Crippen LogP) is 6.54. The molecule has 0 bridgehead atoms. The summed E-state index contributed by atoms with van der Waals surface area (Å²) in [5.74, 6) is 1.54. The fraction of sp³-hybridized carbons (Fsp3) is 0.308. The molecule has 3 aromatic carbocycles. The van der Waals surface area contributed by atoms with Crippen LogP contribution in [0.2, 0.25) is 0 Å². The van der Waals surface area contributed by atoms with E-state index in [2.05, 4.69) is 76.7 Å². The van der Waals surface area contributed by atoms with Gasteiger partial charge in [-0.3, -0.25) is 0 Å². The van der Waals surface area contributed by atoms with E-state index in [-0.39, 0.29) is 0 Å². The molecule has 0 aliphatic heterocycles. The zero-order valence-corrected chi connectivity index (χ0v) is 19.3. The summed E-state index contributed by atoms with van der Waals surface area (Å²) in [5.41, 5.74) is 3.68. The smallest absolute Gasteiger partial charge is 0.162 e. The Bertz CT molecular complexity index is 900. The van der Waals surface area contributed by atoms with Crippen LogP contribution in [-0.2, 0) is 19.6 Å². The summed E-state index contributed by atoms with van der Waals surface area (Å²) in [6, 6.07) is 25.3. The Hall–Kier alpha value is -2.30. The number of aryl methyl sites for hydroxylation is 1. The zero-order valence-electron chi connectivity index (χ0n) is 17.7. The number of hydrogen-bond donors (Lipinski definition) is 1. The molecule has 0 saturated heterocycles. The molecule has 3 aromatic rings. The Kier molecular flexibility index (Phi) is 8.79. The molecule has 0 saturated carbocycles. The van der Waals surface area contributed by atoms with Crippen molar-refractivity contribution in [1.29, 1.82) is 0 Å². The Morgan fingerprint density at radius 2 is 1.50 bits per heavy atom. The summed E-state index contributed by atoms with van der Waals surface area (Å²) in [4.78, 5) is 0. The number of ether oxygens (including phenoxy) is 2. The molecule has 1 atom stereocenters. The van der Waals surface area contributed by atoms with Crippen LogP contribution >= 0.6 is 15.9 Å². The molecule has 4 heteroatoms. The second-order valence-corrected chi connectivity index (χ2v) is 8.26. The van der Waals surface area contributed by atoms with E-state index in [9.17, 15) is 0 Å². The molecule has 158 valence electrons. The van der Waals surface area contributed by atoms with Crippen molar-refractivity contribution in [1.82, 2.24) is 5.32 Å². The van der Waals surface area contributed by atoms with E-state index < -0.39 is 0 Å². The normalized spacial score (nSPS) is 11.8. The first-order valence-electron chi connectivity index (χ1n) is 10.5. The molecule has 0 heterocycles. The van der Waals surface area contributed by atoms with Crippen LogP contribution in [0.15, 0.2) is 77.3 Å². The van der Waals surface area contributed by atoms with Gasteiger partial charge >= 0.3 is 0 Å². The monoisotopic (exact) mass is 467 g/mol. The summed E-state index contributed by atoms with van der Waals surface area (Å²) in [6.07, 6.45) is 2.17. The second kappa shape index (κ2) is 11.8. The first-order valence-corrected chi connectivity index (χ1v) is 11.3. The van der Waals surface area contributed by atoms with Crippen molar-refractivity contribution in [2.45, 2.75) is 45.9 Å². The molecule has 3 nitrogen and oxygen atoms in total. The molecule has 0 amide bonds. The molecule has 30 heavy (non-hydrogen) atoms. The van der Waals surface area contributed by atoms with E-state index in [0.717, 1.165) is 46.5 Å². The third-order valence-corrected chi connectivity index (χ3v) is 5.74. The van der Waals surface area contributed by atoms with Gasteiger partial charge in [-0.2, -0.15) is 0 Å². The summed E-state index contributed by atoms with van der Waals surface area (Å²) in [7, 11) is 0. The maximum absolute atomic E-state index is 6.05. The van der Waals surface area contributed by atoms with Gasteiger partial charge in [0, 0.05) is 17.1 Å². The number of benzene rings is 3. The van der Waals surface area contributed by atoms with Crippen molar-refractivity contribution in [3.8, 4) is 11.5 Å². The number of halogens is 1. The van der Waals surface area contributed by atoms with Gasteiger partial charge in [0.25, 0.3) is 0 Å². The molecular formula is C26H30BrNO2. The molecule has 0 fully saturated rings. The highest BCUT2D eigenvalue weighted by atomic mass is 79.9. The Morgan fingerprint density at radius 1 is 0.867 bits per heavy atom. The highest BCUT2D eigenvalue weighted by molar-refractivity contribution is 9.10. The van der Waals surface area contributed by atoms with Gasteiger partial charge < -0.3 is 14.8 Å². The second-order valence-electron chi connectivity index (χ2n) is 7.40. The van der Waals surface area contributed by atoms with Crippen molar-refractivity contribution >= 4 is 15.9 Å². The van der Waals surface area contributed by atoms with Crippen molar-refractivity contribution in [2.24, 2.45) is 0 Å². The molecule has 0 aromatic heterocycles. The lowest BCUT2D eigenvalue weighted by Crippen LogP contribution is -2.26. The minimum Gasteiger partial charge on any atom is -0.490 e. The van der Waals surface area contributed by atoms with Gasteiger partial charge in [0.1, 0.15) is 6.61 Å². The maximum atomic E-state index is 6.05. The van der Waals surface area contributed by atoms with Gasteiger partial charge in [0.05, 0.1) is 6.61 Å². The zero-order chi connectivity index (χ0) is 21.2. The largest absolute Gasteiger partial charge is 0.490 e. The fourth-order valence-electron chi connectivity index (χ4n) is 3.24. The van der Waals surface area contributed by atoms with Crippen LogP contribution in [0.25, 0.3) is 0 Å². The Morgan fingerprint density at radius 3 is 2.17 bits per heavy atom. The third kappa shape index (κ3) is 6.89. The van der Waals surface area contributed by atoms with Crippen LogP contribution in [0, 0.1) is 0 Å². The Balaban J connectivity index is 1.59. The summed E-state index contributed by atoms with van der Waals surface area (Å²) in [5, 5.41) is 3.63. The van der Waals surface area contributed by atoms with Crippen LogP contribution in [-0.4, -0.2) is 12.6 Å². The van der Waals surface area contributed by atoms with Gasteiger partial charge in [0.15, 0.2) is 11.5 Å². The quantitative estimate of drug-likeness (QED) is 0.347. The van der Waals surface area contributed by atoms with Crippen molar-refractivity contribution in [3.63, 3.8) is 0 Å². The highest BCUT2D eigenvalue weighted by Crippen LogP contribution is 2.34. The van der Waals surface area contributed by atoms with Crippen LogP contribution in [0.4, 0.5) is 0 Å². The van der Waals surface area contributed by atoms with Crippen LogP contribution in [0.1, 0.15) is 37.0 Å². The van der Waals surface area contributed by atoms with Crippen molar-refractivity contribution in [3.05, 3.63) is 94.0 Å². The van der Waals surface area contributed by atoms with E-state index in [1.54, 1.807) is 0 Å². The highest BCUT2D eigenvalue weighted by Gasteiger charge is 2.12. The van der Waals surface area contributed by atoms with Gasteiger partial charge in [-0.1, -0.05) is 76.6 Å². The molecule has 0 radical (unpaired) electrons. The average molecular weight is 468 g/mol. The third-order valence-electron chi connectivity index (χ3n) is 5.00. The summed E-state index contributed by atoms with van der Waals surface area (Å²) in [6.45, 7) is 6.12. The topological polar surface area (TPSA) is 30.5 Å². The lowest BCUT2D eigenvalue weighted by Gasteiger charge is -2.18. The first-order chi connectivity index (χ1) is 14.7. The lowest BCUT2D eigenvalue weighted by molar-refractivity contribution is 0.268. The van der Waals surface area contributed by atoms with Gasteiger partial charge in [0.2, 0.25) is 0 Å². The number of nitrogens with one attached hydrogen (secondary N) is 1. The van der Waals surface area contributed by atoms with E-state index in [1.165, 1.54) is 5.56 Å². The van der Waals surface area contributed by atoms with Gasteiger partial charge in [-0.25, -0.2) is 0 Å². The number of rotatable bonds is 11. The van der Waals surface area contributed by atoms with Crippen molar-refractivity contribution < 1.29 is 9.47 Å². The van der Waals surface area contributed by atoms with E-state index in [1.807, 2.05) is 31.2 Å². The minimum atomic E-state index is 0.418. The summed E-state index contributed by atoms with van der Waals surface area (Å²) < 4.78 is 12.9. The molecule has 3 rings (SSSR count). The summed E-state index contributed by atoms with van der Waals surface area (Å²) >= 11 is 3.71. The lowest BCUT2D eigenvalue weighted by atomic mass is 10.1. The Labute approximate surface area is 188 Å². The molecule has 0 spiro atoms. The number of hydrogen-bond acceptors (Lipinski definition) is 3. The van der Waals surface area contributed by atoms with Crippen LogP contribution < -0.4 is 14.8 Å². The molecule has 0 aliphatic rings. The average Bonchev–Trinajstić information content (AvgIpc) is 2.78. The molecule has 0 aliphatic carbocycles. The van der Waals surface area contributed by atoms with E-state index >= 15 is 0 Å². The minimum absolute atomic E-state index is 0.418. The van der Waals surface area contributed by atoms with Gasteiger partial charge in [-0.05, 0) is 55.5 Å².